The Morgan fingerprint density at radius 3 is 2.76 bits per heavy atom. The standard InChI is InChI=1S/C7H10F3N5O2/c8-7(9,10)4(16)1-12-5(17)2-15-3-13-6(11)14-15/h3-4,16H,1-2H2,(H2,11,14)(H,12,17). The average Bonchev–Trinajstić information content (AvgIpc) is 2.58. The van der Waals surface area contributed by atoms with Crippen molar-refractivity contribution in [2.75, 3.05) is 12.3 Å². The van der Waals surface area contributed by atoms with E-state index in [4.69, 9.17) is 10.8 Å². The number of nitrogens with zero attached hydrogens (tertiary/aromatic N) is 3. The van der Waals surface area contributed by atoms with Gasteiger partial charge in [0.15, 0.2) is 6.10 Å². The predicted molar refractivity (Wildman–Crippen MR) is 49.5 cm³/mol. The number of carbonyl (C=O) groups is 1. The second-order valence-electron chi connectivity index (χ2n) is 3.16. The fourth-order valence-corrected chi connectivity index (χ4v) is 0.914. The van der Waals surface area contributed by atoms with Crippen molar-refractivity contribution in [2.24, 2.45) is 0 Å². The molecule has 0 aliphatic rings. The molecule has 1 aromatic heterocycles. The molecule has 17 heavy (non-hydrogen) atoms. The third-order valence-corrected chi connectivity index (χ3v) is 1.73. The first-order valence-electron chi connectivity index (χ1n) is 4.45. The Kier molecular flexibility index (Phi) is 3.89. The molecule has 1 rings (SSSR count). The first-order valence-corrected chi connectivity index (χ1v) is 4.45. The molecule has 1 aromatic rings. The summed E-state index contributed by atoms with van der Waals surface area (Å²) in [4.78, 5) is 14.7. The smallest absolute Gasteiger partial charge is 0.382 e. The van der Waals surface area contributed by atoms with Crippen molar-refractivity contribution in [3.63, 3.8) is 0 Å². The highest BCUT2D eigenvalue weighted by Crippen LogP contribution is 2.19. The molecule has 0 fully saturated rings. The first kappa shape index (κ1) is 13.2. The molecule has 10 heteroatoms. The number of aromatic nitrogens is 3. The minimum Gasteiger partial charge on any atom is -0.382 e. The van der Waals surface area contributed by atoms with Gasteiger partial charge >= 0.3 is 6.18 Å². The number of nitrogen functional groups attached to an aromatic ring is 1. The van der Waals surface area contributed by atoms with Crippen LogP contribution in [0.15, 0.2) is 6.33 Å². The molecule has 96 valence electrons. The Hall–Kier alpha value is -1.84. The maximum Gasteiger partial charge on any atom is 0.416 e. The van der Waals surface area contributed by atoms with E-state index in [1.165, 1.54) is 0 Å². The lowest BCUT2D eigenvalue weighted by Crippen LogP contribution is -2.41. The molecule has 0 spiro atoms. The molecule has 0 saturated carbocycles. The van der Waals surface area contributed by atoms with Crippen molar-refractivity contribution in [3.8, 4) is 0 Å². The van der Waals surface area contributed by atoms with Gasteiger partial charge < -0.3 is 16.2 Å². The van der Waals surface area contributed by atoms with Crippen molar-refractivity contribution in [1.29, 1.82) is 0 Å². The average molecular weight is 253 g/mol. The predicted octanol–water partition coefficient (Wildman–Crippen LogP) is -1.10. The molecule has 0 saturated heterocycles. The minimum atomic E-state index is -4.76. The number of anilines is 1. The summed E-state index contributed by atoms with van der Waals surface area (Å²) in [6.45, 7) is -1.23. The topological polar surface area (TPSA) is 106 Å². The van der Waals surface area contributed by atoms with E-state index in [0.29, 0.717) is 0 Å². The van der Waals surface area contributed by atoms with Crippen molar-refractivity contribution in [1.82, 2.24) is 20.1 Å². The van der Waals surface area contributed by atoms with Gasteiger partial charge in [-0.1, -0.05) is 0 Å². The number of nitrogens with two attached hydrogens (primary N) is 1. The van der Waals surface area contributed by atoms with Gasteiger partial charge in [-0.05, 0) is 0 Å². The van der Waals surface area contributed by atoms with Crippen molar-refractivity contribution in [2.45, 2.75) is 18.8 Å². The van der Waals surface area contributed by atoms with Crippen LogP contribution in [0, 0.1) is 0 Å². The Bertz CT molecular complexity index is 391. The monoisotopic (exact) mass is 253 g/mol. The van der Waals surface area contributed by atoms with Gasteiger partial charge in [0.1, 0.15) is 12.9 Å². The fourth-order valence-electron chi connectivity index (χ4n) is 0.914. The molecule has 1 amide bonds. The number of aliphatic hydroxyl groups excluding tert-OH is 1. The molecule has 0 aliphatic carbocycles. The molecule has 0 bridgehead atoms. The molecular formula is C7H10F3N5O2. The second-order valence-corrected chi connectivity index (χ2v) is 3.16. The summed E-state index contributed by atoms with van der Waals surface area (Å²) in [6.07, 6.45) is -6.19. The largest absolute Gasteiger partial charge is 0.416 e. The van der Waals surface area contributed by atoms with E-state index in [0.717, 1.165) is 11.0 Å². The molecule has 1 heterocycles. The lowest BCUT2D eigenvalue weighted by Gasteiger charge is -2.14. The zero-order valence-corrected chi connectivity index (χ0v) is 8.48. The Morgan fingerprint density at radius 1 is 1.65 bits per heavy atom. The molecule has 1 atom stereocenters. The van der Waals surface area contributed by atoms with E-state index < -0.39 is 24.7 Å². The maximum absolute atomic E-state index is 11.9. The molecule has 7 nitrogen and oxygen atoms in total. The summed E-state index contributed by atoms with van der Waals surface area (Å²) in [5, 5.41) is 14.1. The number of hydrogen-bond acceptors (Lipinski definition) is 5. The third kappa shape index (κ3) is 4.26. The van der Waals surface area contributed by atoms with Gasteiger partial charge in [-0.3, -0.25) is 4.79 Å². The minimum absolute atomic E-state index is 0.0480. The molecular weight excluding hydrogens is 243 g/mol. The molecule has 0 aliphatic heterocycles. The number of aliphatic hydroxyl groups is 1. The summed E-state index contributed by atoms with van der Waals surface area (Å²) in [5.74, 6) is -0.786. The SMILES string of the molecule is Nc1ncn(CC(=O)NCC(O)C(F)(F)F)n1. The Morgan fingerprint density at radius 2 is 2.29 bits per heavy atom. The molecule has 0 aromatic carbocycles. The van der Waals surface area contributed by atoms with Crippen LogP contribution in [0.2, 0.25) is 0 Å². The van der Waals surface area contributed by atoms with E-state index in [1.54, 1.807) is 0 Å². The van der Waals surface area contributed by atoms with Gasteiger partial charge in [0, 0.05) is 0 Å². The summed E-state index contributed by atoms with van der Waals surface area (Å²) in [7, 11) is 0. The van der Waals surface area contributed by atoms with Gasteiger partial charge in [-0.2, -0.15) is 13.2 Å². The van der Waals surface area contributed by atoms with E-state index in [9.17, 15) is 18.0 Å². The number of amides is 1. The normalized spacial score (nSPS) is 13.4. The van der Waals surface area contributed by atoms with Gasteiger partial charge in [-0.15, -0.1) is 5.10 Å². The van der Waals surface area contributed by atoms with Gasteiger partial charge in [-0.25, -0.2) is 9.67 Å². The number of nitrogens with one attached hydrogen (secondary N) is 1. The zero-order valence-electron chi connectivity index (χ0n) is 8.48. The van der Waals surface area contributed by atoms with E-state index in [1.807, 2.05) is 5.32 Å². The number of hydrogen-bond donors (Lipinski definition) is 3. The highest BCUT2D eigenvalue weighted by atomic mass is 19.4. The quantitative estimate of drug-likeness (QED) is 0.631. The van der Waals surface area contributed by atoms with E-state index >= 15 is 0 Å². The maximum atomic E-state index is 11.9. The van der Waals surface area contributed by atoms with Crippen LogP contribution in [0.25, 0.3) is 0 Å². The Labute approximate surface area is 93.4 Å². The van der Waals surface area contributed by atoms with Crippen molar-refractivity contribution >= 4 is 11.9 Å². The molecule has 1 unspecified atom stereocenters. The summed E-state index contributed by atoms with van der Waals surface area (Å²) < 4.78 is 36.7. The summed E-state index contributed by atoms with van der Waals surface area (Å²) in [5.41, 5.74) is 5.17. The van der Waals surface area contributed by atoms with Crippen LogP contribution in [0.3, 0.4) is 0 Å². The lowest BCUT2D eigenvalue weighted by atomic mass is 10.3. The van der Waals surface area contributed by atoms with E-state index in [-0.39, 0.29) is 12.5 Å². The van der Waals surface area contributed by atoms with Crippen LogP contribution in [-0.2, 0) is 11.3 Å². The third-order valence-electron chi connectivity index (χ3n) is 1.73. The lowest BCUT2D eigenvalue weighted by molar-refractivity contribution is -0.201. The van der Waals surface area contributed by atoms with Crippen LogP contribution < -0.4 is 11.1 Å². The van der Waals surface area contributed by atoms with Crippen LogP contribution in [0.5, 0.6) is 0 Å². The van der Waals surface area contributed by atoms with Gasteiger partial charge in [0.05, 0.1) is 6.54 Å². The molecule has 4 N–H and O–H groups in total. The zero-order chi connectivity index (χ0) is 13.1. The van der Waals surface area contributed by atoms with Crippen LogP contribution in [0.4, 0.5) is 19.1 Å². The van der Waals surface area contributed by atoms with Crippen molar-refractivity contribution < 1.29 is 23.1 Å². The first-order chi connectivity index (χ1) is 7.79. The van der Waals surface area contributed by atoms with Crippen LogP contribution in [0.1, 0.15) is 0 Å². The second kappa shape index (κ2) is 4.99. The number of alkyl halides is 3. The van der Waals surface area contributed by atoms with E-state index in [2.05, 4.69) is 10.1 Å². The van der Waals surface area contributed by atoms with Crippen LogP contribution >= 0.6 is 0 Å². The van der Waals surface area contributed by atoms with Gasteiger partial charge in [0.25, 0.3) is 0 Å². The number of rotatable bonds is 4. The number of halogens is 3. The van der Waals surface area contributed by atoms with Gasteiger partial charge in [0.2, 0.25) is 11.9 Å². The number of carbonyl (C=O) groups excluding carboxylic acids is 1. The molecule has 0 radical (unpaired) electrons. The summed E-state index contributed by atoms with van der Waals surface area (Å²) >= 11 is 0. The highest BCUT2D eigenvalue weighted by Gasteiger charge is 2.38. The summed E-state index contributed by atoms with van der Waals surface area (Å²) in [6, 6.07) is 0. The van der Waals surface area contributed by atoms with Crippen LogP contribution in [-0.4, -0.2) is 44.6 Å². The Balaban J connectivity index is 2.36. The fraction of sp³-hybridized carbons (Fsp3) is 0.571. The highest BCUT2D eigenvalue weighted by molar-refractivity contribution is 5.75. The van der Waals surface area contributed by atoms with Crippen molar-refractivity contribution in [3.05, 3.63) is 6.33 Å².